The fraction of sp³-hybridized carbons (Fsp3) is 0.381. The van der Waals surface area contributed by atoms with Gasteiger partial charge < -0.3 is 20.1 Å². The lowest BCUT2D eigenvalue weighted by molar-refractivity contribution is -0.126. The van der Waals surface area contributed by atoms with Crippen molar-refractivity contribution in [3.63, 3.8) is 0 Å². The van der Waals surface area contributed by atoms with E-state index in [0.717, 1.165) is 43.2 Å². The van der Waals surface area contributed by atoms with E-state index in [9.17, 15) is 9.90 Å². The van der Waals surface area contributed by atoms with E-state index in [1.165, 1.54) is 0 Å². The molecule has 1 heterocycles. The number of hydrogen-bond donors (Lipinski definition) is 2. The molecule has 1 fully saturated rings. The fourth-order valence-corrected chi connectivity index (χ4v) is 3.38. The standard InChI is InChI=1S/C21H27N3O3/c1-16(21(26)22-15-17-5-3-4-6-20(17)27-2)23-11-13-24(14-12-23)18-7-9-19(25)10-8-18/h3-10,16,25H,11-15H2,1-2H3,(H,22,26)/t16-/m0/s1. The Hall–Kier alpha value is -2.73. The molecular weight excluding hydrogens is 342 g/mol. The summed E-state index contributed by atoms with van der Waals surface area (Å²) >= 11 is 0. The molecule has 6 heteroatoms. The predicted octanol–water partition coefficient (Wildman–Crippen LogP) is 2.23. The van der Waals surface area contributed by atoms with Crippen molar-refractivity contribution >= 4 is 11.6 Å². The van der Waals surface area contributed by atoms with Crippen molar-refractivity contribution in [1.29, 1.82) is 0 Å². The number of amides is 1. The van der Waals surface area contributed by atoms with Gasteiger partial charge in [0.05, 0.1) is 13.2 Å². The average Bonchev–Trinajstić information content (AvgIpc) is 2.72. The number of benzene rings is 2. The van der Waals surface area contributed by atoms with E-state index in [4.69, 9.17) is 4.74 Å². The van der Waals surface area contributed by atoms with Gasteiger partial charge in [0.25, 0.3) is 0 Å². The molecule has 0 spiro atoms. The Bertz CT molecular complexity index is 756. The molecule has 6 nitrogen and oxygen atoms in total. The molecule has 2 N–H and O–H groups in total. The van der Waals surface area contributed by atoms with Gasteiger partial charge in [-0.05, 0) is 37.3 Å². The summed E-state index contributed by atoms with van der Waals surface area (Å²) in [4.78, 5) is 17.0. The van der Waals surface area contributed by atoms with E-state index in [0.29, 0.717) is 6.54 Å². The van der Waals surface area contributed by atoms with Crippen LogP contribution in [-0.2, 0) is 11.3 Å². The first-order valence-corrected chi connectivity index (χ1v) is 9.26. The summed E-state index contributed by atoms with van der Waals surface area (Å²) < 4.78 is 5.33. The molecule has 27 heavy (non-hydrogen) atoms. The number of nitrogens with zero attached hydrogens (tertiary/aromatic N) is 2. The maximum Gasteiger partial charge on any atom is 0.237 e. The average molecular weight is 369 g/mol. The van der Waals surface area contributed by atoms with Gasteiger partial charge in [0.1, 0.15) is 11.5 Å². The summed E-state index contributed by atoms with van der Waals surface area (Å²) in [6.45, 7) is 5.77. The molecule has 1 aliphatic heterocycles. The zero-order valence-corrected chi connectivity index (χ0v) is 15.9. The maximum atomic E-state index is 12.6. The molecule has 0 aromatic heterocycles. The zero-order chi connectivity index (χ0) is 19.2. The quantitative estimate of drug-likeness (QED) is 0.818. The molecule has 2 aromatic rings. The smallest absolute Gasteiger partial charge is 0.237 e. The Labute approximate surface area is 160 Å². The highest BCUT2D eigenvalue weighted by molar-refractivity contribution is 5.81. The van der Waals surface area contributed by atoms with Gasteiger partial charge in [0.15, 0.2) is 0 Å². The van der Waals surface area contributed by atoms with E-state index in [-0.39, 0.29) is 17.7 Å². The number of methoxy groups -OCH3 is 1. The Morgan fingerprint density at radius 3 is 2.44 bits per heavy atom. The minimum Gasteiger partial charge on any atom is -0.508 e. The van der Waals surface area contributed by atoms with Crippen LogP contribution in [0.1, 0.15) is 12.5 Å². The second kappa shape index (κ2) is 8.77. The van der Waals surface area contributed by atoms with E-state index < -0.39 is 0 Å². The number of phenols is 1. The Morgan fingerprint density at radius 1 is 1.11 bits per heavy atom. The Morgan fingerprint density at radius 2 is 1.78 bits per heavy atom. The molecule has 1 amide bonds. The highest BCUT2D eigenvalue weighted by Crippen LogP contribution is 2.21. The van der Waals surface area contributed by atoms with Crippen LogP contribution in [0, 0.1) is 0 Å². The number of carbonyl (C=O) groups is 1. The van der Waals surface area contributed by atoms with Crippen LogP contribution in [0.4, 0.5) is 5.69 Å². The lowest BCUT2D eigenvalue weighted by Crippen LogP contribution is -2.53. The minimum atomic E-state index is -0.179. The molecule has 0 saturated carbocycles. The van der Waals surface area contributed by atoms with Crippen molar-refractivity contribution in [2.75, 3.05) is 38.2 Å². The highest BCUT2D eigenvalue weighted by Gasteiger charge is 2.25. The Balaban J connectivity index is 1.50. The van der Waals surface area contributed by atoms with E-state index in [2.05, 4.69) is 15.1 Å². The van der Waals surface area contributed by atoms with Gasteiger partial charge in [-0.1, -0.05) is 18.2 Å². The molecule has 1 saturated heterocycles. The fourth-order valence-electron chi connectivity index (χ4n) is 3.38. The topological polar surface area (TPSA) is 65.0 Å². The third-order valence-electron chi connectivity index (χ3n) is 5.10. The van der Waals surface area contributed by atoms with E-state index in [1.807, 2.05) is 43.3 Å². The molecule has 3 rings (SSSR count). The number of rotatable bonds is 6. The van der Waals surface area contributed by atoms with Crippen LogP contribution in [0.5, 0.6) is 11.5 Å². The largest absolute Gasteiger partial charge is 0.508 e. The molecule has 0 radical (unpaired) electrons. The third kappa shape index (κ3) is 4.71. The van der Waals surface area contributed by atoms with Crippen molar-refractivity contribution < 1.29 is 14.6 Å². The van der Waals surface area contributed by atoms with E-state index >= 15 is 0 Å². The summed E-state index contributed by atoms with van der Waals surface area (Å²) in [7, 11) is 1.64. The van der Waals surface area contributed by atoms with Crippen LogP contribution in [0.3, 0.4) is 0 Å². The summed E-state index contributed by atoms with van der Waals surface area (Å²) in [5, 5.41) is 12.4. The Kier molecular flexibility index (Phi) is 6.19. The summed E-state index contributed by atoms with van der Waals surface area (Å²) in [6.07, 6.45) is 0. The molecule has 0 aliphatic carbocycles. The predicted molar refractivity (Wildman–Crippen MR) is 106 cm³/mol. The van der Waals surface area contributed by atoms with Crippen LogP contribution < -0.4 is 15.0 Å². The van der Waals surface area contributed by atoms with Gasteiger partial charge in [-0.3, -0.25) is 9.69 Å². The molecule has 1 aliphatic rings. The summed E-state index contributed by atoms with van der Waals surface area (Å²) in [6, 6.07) is 14.8. The van der Waals surface area contributed by atoms with Crippen LogP contribution in [0.25, 0.3) is 0 Å². The van der Waals surface area contributed by atoms with Gasteiger partial charge in [-0.15, -0.1) is 0 Å². The first-order chi connectivity index (χ1) is 13.1. The van der Waals surface area contributed by atoms with Gasteiger partial charge >= 0.3 is 0 Å². The number of piperazine rings is 1. The SMILES string of the molecule is COc1ccccc1CNC(=O)[C@H](C)N1CCN(c2ccc(O)cc2)CC1. The van der Waals surface area contributed by atoms with Crippen molar-refractivity contribution in [3.8, 4) is 11.5 Å². The van der Waals surface area contributed by atoms with Gasteiger partial charge in [-0.2, -0.15) is 0 Å². The second-order valence-corrected chi connectivity index (χ2v) is 6.75. The van der Waals surface area contributed by atoms with Crippen LogP contribution in [0.15, 0.2) is 48.5 Å². The molecular formula is C21H27N3O3. The molecule has 1 atom stereocenters. The van der Waals surface area contributed by atoms with Gasteiger partial charge in [0, 0.05) is 44.0 Å². The molecule has 2 aromatic carbocycles. The molecule has 0 bridgehead atoms. The number of aromatic hydroxyl groups is 1. The maximum absolute atomic E-state index is 12.6. The molecule has 144 valence electrons. The number of nitrogens with one attached hydrogen (secondary N) is 1. The first-order valence-electron chi connectivity index (χ1n) is 9.26. The van der Waals surface area contributed by atoms with Crippen molar-refractivity contribution in [2.45, 2.75) is 19.5 Å². The number of para-hydroxylation sites is 1. The van der Waals surface area contributed by atoms with Crippen LogP contribution >= 0.6 is 0 Å². The minimum absolute atomic E-state index is 0.0268. The van der Waals surface area contributed by atoms with Crippen LogP contribution in [0.2, 0.25) is 0 Å². The summed E-state index contributed by atoms with van der Waals surface area (Å²) in [5.74, 6) is 1.09. The van der Waals surface area contributed by atoms with Crippen molar-refractivity contribution in [1.82, 2.24) is 10.2 Å². The zero-order valence-electron chi connectivity index (χ0n) is 15.9. The first kappa shape index (κ1) is 19.0. The number of ether oxygens (including phenoxy) is 1. The third-order valence-corrected chi connectivity index (χ3v) is 5.10. The van der Waals surface area contributed by atoms with Crippen LogP contribution in [-0.4, -0.2) is 55.2 Å². The van der Waals surface area contributed by atoms with Gasteiger partial charge in [0.2, 0.25) is 5.91 Å². The number of hydrogen-bond acceptors (Lipinski definition) is 5. The van der Waals surface area contributed by atoms with E-state index in [1.54, 1.807) is 19.2 Å². The highest BCUT2D eigenvalue weighted by atomic mass is 16.5. The summed E-state index contributed by atoms with van der Waals surface area (Å²) in [5.41, 5.74) is 2.07. The lowest BCUT2D eigenvalue weighted by atomic mass is 10.1. The normalized spacial score (nSPS) is 16.0. The lowest BCUT2D eigenvalue weighted by Gasteiger charge is -2.38. The van der Waals surface area contributed by atoms with Crippen molar-refractivity contribution in [2.24, 2.45) is 0 Å². The number of phenolic OH excluding ortho intramolecular Hbond substituents is 1. The molecule has 0 unspecified atom stereocenters. The second-order valence-electron chi connectivity index (χ2n) is 6.75. The number of anilines is 1. The van der Waals surface area contributed by atoms with Gasteiger partial charge in [-0.25, -0.2) is 0 Å². The van der Waals surface area contributed by atoms with Crippen molar-refractivity contribution in [3.05, 3.63) is 54.1 Å². The monoisotopic (exact) mass is 369 g/mol. The number of carbonyl (C=O) groups excluding carboxylic acids is 1.